The number of hydrogen-bond acceptors (Lipinski definition) is 0. The van der Waals surface area contributed by atoms with E-state index in [0.717, 1.165) is 0 Å². The molecule has 2 rings (SSSR count). The highest BCUT2D eigenvalue weighted by molar-refractivity contribution is 5.36. The van der Waals surface area contributed by atoms with Crippen LogP contribution in [-0.4, -0.2) is 0 Å². The van der Waals surface area contributed by atoms with Crippen molar-refractivity contribution in [2.24, 2.45) is 5.41 Å². The second kappa shape index (κ2) is 1.07. The lowest BCUT2D eigenvalue weighted by atomic mass is 10.1. The third-order valence-electron chi connectivity index (χ3n) is 2.02. The van der Waals surface area contributed by atoms with Gasteiger partial charge < -0.3 is 0 Å². The first-order valence-electron chi connectivity index (χ1n) is 3.20. The van der Waals surface area contributed by atoms with Crippen LogP contribution >= 0.6 is 0 Å². The molecule has 0 heterocycles. The van der Waals surface area contributed by atoms with Crippen molar-refractivity contribution < 1.29 is 0 Å². The van der Waals surface area contributed by atoms with Crippen LogP contribution in [0.3, 0.4) is 0 Å². The summed E-state index contributed by atoms with van der Waals surface area (Å²) < 4.78 is 0. The fraction of sp³-hybridized carbons (Fsp3) is 0.500. The minimum atomic E-state index is 0.573. The molecule has 0 unspecified atom stereocenters. The lowest BCUT2D eigenvalue weighted by molar-refractivity contribution is 0.871. The lowest BCUT2D eigenvalue weighted by Crippen LogP contribution is -1.81. The SMILES string of the molecule is CC1=CC2(C=C1)CC2. The Labute approximate surface area is 49.9 Å². The van der Waals surface area contributed by atoms with Gasteiger partial charge in [-0.3, -0.25) is 0 Å². The van der Waals surface area contributed by atoms with Crippen molar-refractivity contribution >= 4 is 0 Å². The first kappa shape index (κ1) is 4.37. The van der Waals surface area contributed by atoms with Gasteiger partial charge >= 0.3 is 0 Å². The van der Waals surface area contributed by atoms with E-state index in [1.54, 1.807) is 0 Å². The van der Waals surface area contributed by atoms with Gasteiger partial charge in [0.25, 0.3) is 0 Å². The summed E-state index contributed by atoms with van der Waals surface area (Å²) in [6.45, 7) is 2.17. The maximum absolute atomic E-state index is 2.38. The summed E-state index contributed by atoms with van der Waals surface area (Å²) in [4.78, 5) is 0. The molecule has 0 saturated heterocycles. The average Bonchev–Trinajstić information content (AvgIpc) is 2.34. The molecule has 0 aromatic heterocycles. The van der Waals surface area contributed by atoms with Crippen molar-refractivity contribution in [2.75, 3.05) is 0 Å². The summed E-state index contributed by atoms with van der Waals surface area (Å²) >= 11 is 0. The molecule has 0 aromatic carbocycles. The molecular formula is C8H10. The van der Waals surface area contributed by atoms with Crippen LogP contribution in [0.25, 0.3) is 0 Å². The van der Waals surface area contributed by atoms with Crippen molar-refractivity contribution in [2.45, 2.75) is 19.8 Å². The van der Waals surface area contributed by atoms with Crippen molar-refractivity contribution in [1.29, 1.82) is 0 Å². The summed E-state index contributed by atoms with van der Waals surface area (Å²) in [5.41, 5.74) is 2.02. The second-order valence-corrected chi connectivity index (χ2v) is 2.95. The Bertz CT molecular complexity index is 168. The predicted octanol–water partition coefficient (Wildman–Crippen LogP) is 2.28. The van der Waals surface area contributed by atoms with Crippen molar-refractivity contribution in [1.82, 2.24) is 0 Å². The monoisotopic (exact) mass is 106 g/mol. The normalized spacial score (nSPS) is 28.9. The number of hydrogen-bond donors (Lipinski definition) is 0. The molecule has 8 heavy (non-hydrogen) atoms. The molecule has 42 valence electrons. The van der Waals surface area contributed by atoms with Gasteiger partial charge in [-0.25, -0.2) is 0 Å². The van der Waals surface area contributed by atoms with Gasteiger partial charge in [-0.05, 0) is 19.8 Å². The van der Waals surface area contributed by atoms with Gasteiger partial charge in [-0.2, -0.15) is 0 Å². The van der Waals surface area contributed by atoms with Crippen LogP contribution in [0.5, 0.6) is 0 Å². The van der Waals surface area contributed by atoms with Gasteiger partial charge in [-0.15, -0.1) is 0 Å². The summed E-state index contributed by atoms with van der Waals surface area (Å²) in [5.74, 6) is 0. The Hall–Kier alpha value is -0.520. The van der Waals surface area contributed by atoms with Gasteiger partial charge in [0.05, 0.1) is 0 Å². The molecule has 0 atom stereocenters. The molecule has 0 radical (unpaired) electrons. The molecule has 2 aliphatic rings. The standard InChI is InChI=1S/C8H10/c1-7-2-3-8(6-7)4-5-8/h2-3,6H,4-5H2,1H3. The van der Waals surface area contributed by atoms with Crippen LogP contribution < -0.4 is 0 Å². The molecule has 0 bridgehead atoms. The van der Waals surface area contributed by atoms with Gasteiger partial charge in [0, 0.05) is 5.41 Å². The highest BCUT2D eigenvalue weighted by atomic mass is 14.4. The highest BCUT2D eigenvalue weighted by Gasteiger charge is 2.39. The molecule has 1 spiro atoms. The van der Waals surface area contributed by atoms with Gasteiger partial charge in [0.15, 0.2) is 0 Å². The highest BCUT2D eigenvalue weighted by Crippen LogP contribution is 2.51. The lowest BCUT2D eigenvalue weighted by Gasteiger charge is -1.91. The van der Waals surface area contributed by atoms with Crippen LogP contribution in [0.1, 0.15) is 19.8 Å². The molecule has 1 saturated carbocycles. The van der Waals surface area contributed by atoms with E-state index in [1.165, 1.54) is 18.4 Å². The maximum Gasteiger partial charge on any atom is 0.00707 e. The van der Waals surface area contributed by atoms with Gasteiger partial charge in [0.2, 0.25) is 0 Å². The third-order valence-corrected chi connectivity index (χ3v) is 2.02. The van der Waals surface area contributed by atoms with E-state index >= 15 is 0 Å². The van der Waals surface area contributed by atoms with Crippen LogP contribution in [0.15, 0.2) is 23.8 Å². The summed E-state index contributed by atoms with van der Waals surface area (Å²) in [6, 6.07) is 0. The van der Waals surface area contributed by atoms with E-state index in [1.807, 2.05) is 0 Å². The van der Waals surface area contributed by atoms with Crippen LogP contribution in [-0.2, 0) is 0 Å². The summed E-state index contributed by atoms with van der Waals surface area (Å²) in [5, 5.41) is 0. The summed E-state index contributed by atoms with van der Waals surface area (Å²) in [6.07, 6.45) is 9.73. The molecule has 2 aliphatic carbocycles. The zero-order chi connectivity index (χ0) is 5.61. The molecule has 0 amide bonds. The molecule has 1 fully saturated rings. The Morgan fingerprint density at radius 2 is 2.25 bits per heavy atom. The molecule has 0 heteroatoms. The van der Waals surface area contributed by atoms with Gasteiger partial charge in [-0.1, -0.05) is 23.8 Å². The Morgan fingerprint density at radius 1 is 1.50 bits per heavy atom. The minimum absolute atomic E-state index is 0.573. The van der Waals surface area contributed by atoms with E-state index in [2.05, 4.69) is 25.2 Å². The topological polar surface area (TPSA) is 0 Å². The fourth-order valence-corrected chi connectivity index (χ4v) is 1.30. The Kier molecular flexibility index (Phi) is 0.585. The molecule has 0 N–H and O–H groups in total. The average molecular weight is 106 g/mol. The Balaban J connectivity index is 2.35. The minimum Gasteiger partial charge on any atom is -0.0743 e. The molecule has 0 aromatic rings. The first-order chi connectivity index (χ1) is 3.81. The van der Waals surface area contributed by atoms with Gasteiger partial charge in [0.1, 0.15) is 0 Å². The first-order valence-corrected chi connectivity index (χ1v) is 3.20. The molecule has 0 nitrogen and oxygen atoms in total. The second-order valence-electron chi connectivity index (χ2n) is 2.95. The van der Waals surface area contributed by atoms with E-state index in [-0.39, 0.29) is 0 Å². The van der Waals surface area contributed by atoms with Crippen LogP contribution in [0.2, 0.25) is 0 Å². The molecular weight excluding hydrogens is 96.1 g/mol. The fourth-order valence-electron chi connectivity index (χ4n) is 1.30. The largest absolute Gasteiger partial charge is 0.0743 e. The van der Waals surface area contributed by atoms with Crippen LogP contribution in [0.4, 0.5) is 0 Å². The zero-order valence-electron chi connectivity index (χ0n) is 5.15. The van der Waals surface area contributed by atoms with Crippen molar-refractivity contribution in [3.8, 4) is 0 Å². The quantitative estimate of drug-likeness (QED) is 0.444. The number of rotatable bonds is 0. The van der Waals surface area contributed by atoms with Crippen LogP contribution in [0, 0.1) is 5.41 Å². The summed E-state index contributed by atoms with van der Waals surface area (Å²) in [7, 11) is 0. The zero-order valence-corrected chi connectivity index (χ0v) is 5.15. The smallest absolute Gasteiger partial charge is 0.00707 e. The molecule has 0 aliphatic heterocycles. The van der Waals surface area contributed by atoms with E-state index in [9.17, 15) is 0 Å². The Morgan fingerprint density at radius 3 is 2.50 bits per heavy atom. The van der Waals surface area contributed by atoms with E-state index in [4.69, 9.17) is 0 Å². The van der Waals surface area contributed by atoms with Crippen molar-refractivity contribution in [3.63, 3.8) is 0 Å². The maximum atomic E-state index is 2.38. The van der Waals surface area contributed by atoms with E-state index < -0.39 is 0 Å². The van der Waals surface area contributed by atoms with E-state index in [0.29, 0.717) is 5.41 Å². The third kappa shape index (κ3) is 0.459. The number of allylic oxidation sites excluding steroid dienone is 4. The van der Waals surface area contributed by atoms with Crippen molar-refractivity contribution in [3.05, 3.63) is 23.8 Å². The predicted molar refractivity (Wildman–Crippen MR) is 34.6 cm³/mol.